The Hall–Kier alpha value is -3.87. The van der Waals surface area contributed by atoms with Gasteiger partial charge in [0.1, 0.15) is 12.0 Å². The van der Waals surface area contributed by atoms with Crippen LogP contribution in [0.3, 0.4) is 0 Å². The number of hydrogen-bond donors (Lipinski definition) is 1. The van der Waals surface area contributed by atoms with E-state index in [2.05, 4.69) is 5.16 Å². The highest BCUT2D eigenvalue weighted by Crippen LogP contribution is 2.45. The predicted octanol–water partition coefficient (Wildman–Crippen LogP) is 4.92. The number of rotatable bonds is 5. The van der Waals surface area contributed by atoms with Gasteiger partial charge < -0.3 is 14.5 Å². The van der Waals surface area contributed by atoms with Crippen molar-refractivity contribution in [3.63, 3.8) is 0 Å². The molecular weight excluding hydrogens is 418 g/mol. The maximum Gasteiger partial charge on any atom is 0.294 e. The number of carbonyl (C=O) groups excluding carboxylic acids is 2. The number of Topliss-reactive ketones (excluding diaryl/α,β-unsaturated/α-hetero) is 1. The third kappa shape index (κ3) is 3.91. The van der Waals surface area contributed by atoms with Crippen molar-refractivity contribution in [3.05, 3.63) is 77.8 Å². The molecule has 0 bridgehead atoms. The van der Waals surface area contributed by atoms with E-state index in [0.29, 0.717) is 11.4 Å². The average molecular weight is 446 g/mol. The molecule has 1 unspecified atom stereocenters. The van der Waals surface area contributed by atoms with Crippen LogP contribution in [0.5, 0.6) is 0 Å². The fourth-order valence-electron chi connectivity index (χ4n) is 4.08. The molecule has 1 aliphatic heterocycles. The number of aliphatic hydroxyl groups excluding tert-OH is 1. The normalized spacial score (nSPS) is 16.5. The van der Waals surface area contributed by atoms with Gasteiger partial charge in [-0.25, -0.2) is 0 Å². The van der Waals surface area contributed by atoms with Crippen molar-refractivity contribution in [2.75, 3.05) is 23.9 Å². The summed E-state index contributed by atoms with van der Waals surface area (Å²) in [7, 11) is 3.81. The maximum absolute atomic E-state index is 13.4. The number of aliphatic hydroxyl groups is 1. The van der Waals surface area contributed by atoms with Crippen molar-refractivity contribution in [3.8, 4) is 11.3 Å². The summed E-state index contributed by atoms with van der Waals surface area (Å²) in [6.07, 6.45) is 1.49. The standard InChI is InChI=1S/C26H27N3O4/c1-26(2,3)24(31)21-22(18-8-6-7-9-20(18)28(4)5)29(25(32)23(21)30)17-12-10-16(11-13-17)19-14-15-33-27-19/h6-15,22,30H,1-5H3. The number of para-hydroxylation sites is 1. The summed E-state index contributed by atoms with van der Waals surface area (Å²) in [4.78, 5) is 30.2. The highest BCUT2D eigenvalue weighted by molar-refractivity contribution is 6.17. The molecule has 2 heterocycles. The summed E-state index contributed by atoms with van der Waals surface area (Å²) < 4.78 is 4.92. The molecule has 170 valence electrons. The molecule has 0 radical (unpaired) electrons. The Morgan fingerprint density at radius 3 is 2.30 bits per heavy atom. The molecule has 1 amide bonds. The molecule has 2 aromatic carbocycles. The van der Waals surface area contributed by atoms with Crippen LogP contribution in [0.1, 0.15) is 32.4 Å². The van der Waals surface area contributed by atoms with Crippen molar-refractivity contribution in [2.24, 2.45) is 5.41 Å². The maximum atomic E-state index is 13.4. The van der Waals surface area contributed by atoms with E-state index in [1.165, 1.54) is 11.2 Å². The van der Waals surface area contributed by atoms with E-state index in [4.69, 9.17) is 4.52 Å². The lowest BCUT2D eigenvalue weighted by atomic mass is 9.82. The third-order valence-corrected chi connectivity index (χ3v) is 5.73. The minimum atomic E-state index is -0.776. The van der Waals surface area contributed by atoms with Crippen molar-refractivity contribution in [2.45, 2.75) is 26.8 Å². The Morgan fingerprint density at radius 2 is 1.73 bits per heavy atom. The molecule has 33 heavy (non-hydrogen) atoms. The number of ketones is 1. The van der Waals surface area contributed by atoms with Gasteiger partial charge in [0, 0.05) is 48.1 Å². The molecule has 0 saturated carbocycles. The number of hydrogen-bond acceptors (Lipinski definition) is 6. The van der Waals surface area contributed by atoms with E-state index in [1.54, 1.807) is 39.0 Å². The second-order valence-electron chi connectivity index (χ2n) is 9.30. The van der Waals surface area contributed by atoms with Crippen molar-refractivity contribution in [1.82, 2.24) is 5.16 Å². The summed E-state index contributed by atoms with van der Waals surface area (Å²) in [5, 5.41) is 14.9. The van der Waals surface area contributed by atoms with Gasteiger partial charge in [-0.1, -0.05) is 56.3 Å². The largest absolute Gasteiger partial charge is 0.503 e. The topological polar surface area (TPSA) is 86.9 Å². The molecule has 7 nitrogen and oxygen atoms in total. The van der Waals surface area contributed by atoms with Gasteiger partial charge >= 0.3 is 0 Å². The molecule has 0 fully saturated rings. The van der Waals surface area contributed by atoms with E-state index in [0.717, 1.165) is 16.8 Å². The lowest BCUT2D eigenvalue weighted by Gasteiger charge is -2.31. The quantitative estimate of drug-likeness (QED) is 0.600. The zero-order chi connectivity index (χ0) is 23.9. The number of amides is 1. The van der Waals surface area contributed by atoms with Gasteiger partial charge in [-0.2, -0.15) is 0 Å². The van der Waals surface area contributed by atoms with Crippen molar-refractivity contribution < 1.29 is 19.2 Å². The highest BCUT2D eigenvalue weighted by atomic mass is 16.5. The zero-order valence-corrected chi connectivity index (χ0v) is 19.4. The van der Waals surface area contributed by atoms with Crippen LogP contribution in [0.15, 0.2) is 76.7 Å². The first-order chi connectivity index (χ1) is 15.6. The Balaban J connectivity index is 1.88. The molecule has 0 aliphatic carbocycles. The number of anilines is 2. The Kier molecular flexibility index (Phi) is 5.57. The van der Waals surface area contributed by atoms with Gasteiger partial charge in [0.05, 0.1) is 11.6 Å². The van der Waals surface area contributed by atoms with Crippen LogP contribution in [0.25, 0.3) is 11.3 Å². The van der Waals surface area contributed by atoms with Crippen LogP contribution in [0.2, 0.25) is 0 Å². The lowest BCUT2D eigenvalue weighted by molar-refractivity contribution is -0.123. The number of nitrogens with zero attached hydrogens (tertiary/aromatic N) is 3. The molecule has 0 spiro atoms. The second kappa shape index (κ2) is 8.24. The number of carbonyl (C=O) groups is 2. The predicted molar refractivity (Wildman–Crippen MR) is 127 cm³/mol. The number of benzene rings is 2. The van der Waals surface area contributed by atoms with Gasteiger partial charge in [0.2, 0.25) is 0 Å². The average Bonchev–Trinajstić information content (AvgIpc) is 3.40. The summed E-state index contributed by atoms with van der Waals surface area (Å²) in [5.41, 5.74) is 3.01. The van der Waals surface area contributed by atoms with Crippen molar-refractivity contribution >= 4 is 23.1 Å². The molecule has 7 heteroatoms. The van der Waals surface area contributed by atoms with Crippen LogP contribution in [-0.2, 0) is 9.59 Å². The van der Waals surface area contributed by atoms with E-state index >= 15 is 0 Å². The molecule has 1 aromatic heterocycles. The van der Waals surface area contributed by atoms with Crippen LogP contribution < -0.4 is 9.80 Å². The fourth-order valence-corrected chi connectivity index (χ4v) is 4.08. The molecular formula is C26H27N3O4. The van der Waals surface area contributed by atoms with Crippen LogP contribution >= 0.6 is 0 Å². The molecule has 3 aromatic rings. The number of aromatic nitrogens is 1. The smallest absolute Gasteiger partial charge is 0.294 e. The van der Waals surface area contributed by atoms with Crippen molar-refractivity contribution in [1.29, 1.82) is 0 Å². The zero-order valence-electron chi connectivity index (χ0n) is 19.4. The van der Waals surface area contributed by atoms with Crippen LogP contribution in [0.4, 0.5) is 11.4 Å². The van der Waals surface area contributed by atoms with Crippen LogP contribution in [0, 0.1) is 5.41 Å². The molecule has 0 saturated heterocycles. The Labute approximate surface area is 192 Å². The van der Waals surface area contributed by atoms with Gasteiger partial charge in [0.15, 0.2) is 11.5 Å². The monoisotopic (exact) mass is 445 g/mol. The van der Waals surface area contributed by atoms with Gasteiger partial charge in [-0.15, -0.1) is 0 Å². The first-order valence-corrected chi connectivity index (χ1v) is 10.7. The lowest BCUT2D eigenvalue weighted by Crippen LogP contribution is -2.33. The molecule has 1 atom stereocenters. The second-order valence-corrected chi connectivity index (χ2v) is 9.30. The van der Waals surface area contributed by atoms with Gasteiger partial charge in [-0.3, -0.25) is 14.5 Å². The Morgan fingerprint density at radius 1 is 1.06 bits per heavy atom. The summed E-state index contributed by atoms with van der Waals surface area (Å²) in [6, 6.07) is 15.8. The molecule has 1 N–H and O–H groups in total. The molecule has 1 aliphatic rings. The SMILES string of the molecule is CN(C)c1ccccc1C1C(C(=O)C(C)(C)C)=C(O)C(=O)N1c1ccc(-c2ccon2)cc1. The van der Waals surface area contributed by atoms with Gasteiger partial charge in [-0.05, 0) is 18.2 Å². The van der Waals surface area contributed by atoms with Gasteiger partial charge in [0.25, 0.3) is 5.91 Å². The van der Waals surface area contributed by atoms with E-state index in [1.807, 2.05) is 55.4 Å². The fraction of sp³-hybridized carbons (Fsp3) is 0.269. The summed E-state index contributed by atoms with van der Waals surface area (Å²) >= 11 is 0. The first kappa shape index (κ1) is 22.3. The van der Waals surface area contributed by atoms with E-state index in [9.17, 15) is 14.7 Å². The highest BCUT2D eigenvalue weighted by Gasteiger charge is 2.47. The molecule has 4 rings (SSSR count). The van der Waals surface area contributed by atoms with E-state index < -0.39 is 23.1 Å². The first-order valence-electron chi connectivity index (χ1n) is 10.7. The summed E-state index contributed by atoms with van der Waals surface area (Å²) in [5.74, 6) is -1.38. The van der Waals surface area contributed by atoms with E-state index in [-0.39, 0.29) is 11.4 Å². The third-order valence-electron chi connectivity index (χ3n) is 5.73. The minimum Gasteiger partial charge on any atom is -0.503 e. The minimum absolute atomic E-state index is 0.113. The Bertz CT molecular complexity index is 1220. The van der Waals surface area contributed by atoms with Crippen LogP contribution in [-0.4, -0.2) is 36.0 Å². The summed E-state index contributed by atoms with van der Waals surface area (Å²) in [6.45, 7) is 5.35.